The minimum atomic E-state index is -0.132. The lowest BCUT2D eigenvalue weighted by Crippen LogP contribution is -2.25. The zero-order valence-corrected chi connectivity index (χ0v) is 12.6. The average Bonchev–Trinajstić information content (AvgIpc) is 2.43. The van der Waals surface area contributed by atoms with Crippen molar-refractivity contribution in [2.24, 2.45) is 5.73 Å². The quantitative estimate of drug-likeness (QED) is 0.735. The molecule has 0 saturated carbocycles. The highest BCUT2D eigenvalue weighted by atomic mass is 16.5. The Morgan fingerprint density at radius 1 is 1.21 bits per heavy atom. The molecule has 0 saturated heterocycles. The third-order valence-corrected chi connectivity index (χ3v) is 3.51. The molecule has 1 aromatic carbocycles. The van der Waals surface area contributed by atoms with Gasteiger partial charge in [-0.25, -0.2) is 0 Å². The van der Waals surface area contributed by atoms with Crippen molar-refractivity contribution in [1.29, 1.82) is 0 Å². The summed E-state index contributed by atoms with van der Waals surface area (Å²) in [6.07, 6.45) is 1.92. The van der Waals surface area contributed by atoms with E-state index in [4.69, 9.17) is 15.2 Å². The van der Waals surface area contributed by atoms with Crippen LogP contribution in [0, 0.1) is 0 Å². The smallest absolute Gasteiger partial charge is 0.0659 e. The third-order valence-electron chi connectivity index (χ3n) is 3.51. The second-order valence-corrected chi connectivity index (χ2v) is 5.49. The Labute approximate surface area is 117 Å². The van der Waals surface area contributed by atoms with Crippen molar-refractivity contribution in [3.63, 3.8) is 0 Å². The molecule has 3 nitrogen and oxygen atoms in total. The lowest BCUT2D eigenvalue weighted by molar-refractivity contribution is -0.0113. The maximum absolute atomic E-state index is 6.11. The van der Waals surface area contributed by atoms with Crippen molar-refractivity contribution < 1.29 is 9.47 Å². The van der Waals surface area contributed by atoms with E-state index in [2.05, 4.69) is 45.0 Å². The van der Waals surface area contributed by atoms with Crippen LogP contribution in [0.5, 0.6) is 0 Å². The van der Waals surface area contributed by atoms with Gasteiger partial charge >= 0.3 is 0 Å². The summed E-state index contributed by atoms with van der Waals surface area (Å²) in [7, 11) is 1.72. The molecule has 0 spiro atoms. The van der Waals surface area contributed by atoms with Crippen LogP contribution in [-0.2, 0) is 15.9 Å². The molecule has 0 fully saturated rings. The number of benzene rings is 1. The summed E-state index contributed by atoms with van der Waals surface area (Å²) in [4.78, 5) is 0. The molecular weight excluding hydrogens is 238 g/mol. The molecule has 0 heterocycles. The Morgan fingerprint density at radius 2 is 1.84 bits per heavy atom. The van der Waals surface area contributed by atoms with Crippen molar-refractivity contribution in [2.75, 3.05) is 20.3 Å². The highest BCUT2D eigenvalue weighted by molar-refractivity contribution is 5.24. The summed E-state index contributed by atoms with van der Waals surface area (Å²) < 4.78 is 11.0. The molecule has 19 heavy (non-hydrogen) atoms. The van der Waals surface area contributed by atoms with Gasteiger partial charge in [-0.05, 0) is 37.8 Å². The molecule has 0 aliphatic carbocycles. The Kier molecular flexibility index (Phi) is 6.49. The molecule has 0 aromatic heterocycles. The molecular formula is C16H27NO2. The summed E-state index contributed by atoms with van der Waals surface area (Å²) in [5, 5.41) is 0. The van der Waals surface area contributed by atoms with Gasteiger partial charge in [0, 0.05) is 13.7 Å². The van der Waals surface area contributed by atoms with Crippen LogP contribution < -0.4 is 5.73 Å². The first kappa shape index (κ1) is 16.2. The standard InChI is InChI=1S/C16H27NO2/c1-5-13-6-8-14(9-7-13)15(17)12-19-11-10-16(2,3)18-4/h6-9,15H,5,10-12,17H2,1-4H3. The Balaban J connectivity index is 2.32. The maximum Gasteiger partial charge on any atom is 0.0659 e. The fraction of sp³-hybridized carbons (Fsp3) is 0.625. The van der Waals surface area contributed by atoms with E-state index in [9.17, 15) is 0 Å². The topological polar surface area (TPSA) is 44.5 Å². The summed E-state index contributed by atoms with van der Waals surface area (Å²) in [5.41, 5.74) is 8.44. The number of nitrogens with two attached hydrogens (primary N) is 1. The van der Waals surface area contributed by atoms with Crippen LogP contribution in [0.25, 0.3) is 0 Å². The maximum atomic E-state index is 6.11. The van der Waals surface area contributed by atoms with Crippen LogP contribution in [0.4, 0.5) is 0 Å². The van der Waals surface area contributed by atoms with Crippen LogP contribution in [0.2, 0.25) is 0 Å². The van der Waals surface area contributed by atoms with Crippen LogP contribution in [0.1, 0.15) is 44.4 Å². The number of hydrogen-bond acceptors (Lipinski definition) is 3. The summed E-state index contributed by atoms with van der Waals surface area (Å²) in [5.74, 6) is 0. The fourth-order valence-corrected chi connectivity index (χ4v) is 1.73. The van der Waals surface area contributed by atoms with Gasteiger partial charge in [0.25, 0.3) is 0 Å². The minimum Gasteiger partial charge on any atom is -0.379 e. The Morgan fingerprint density at radius 3 is 2.37 bits per heavy atom. The van der Waals surface area contributed by atoms with E-state index in [0.717, 1.165) is 18.4 Å². The van der Waals surface area contributed by atoms with E-state index in [-0.39, 0.29) is 11.6 Å². The average molecular weight is 265 g/mol. The van der Waals surface area contributed by atoms with Crippen molar-refractivity contribution in [3.05, 3.63) is 35.4 Å². The zero-order chi connectivity index (χ0) is 14.3. The number of rotatable bonds is 8. The van der Waals surface area contributed by atoms with Crippen molar-refractivity contribution in [3.8, 4) is 0 Å². The molecule has 1 rings (SSSR count). The highest BCUT2D eigenvalue weighted by Gasteiger charge is 2.16. The molecule has 0 aliphatic heterocycles. The Hall–Kier alpha value is -0.900. The van der Waals surface area contributed by atoms with Gasteiger partial charge in [-0.1, -0.05) is 31.2 Å². The lowest BCUT2D eigenvalue weighted by atomic mass is 10.0. The van der Waals surface area contributed by atoms with Crippen LogP contribution >= 0.6 is 0 Å². The van der Waals surface area contributed by atoms with Crippen LogP contribution in [0.3, 0.4) is 0 Å². The minimum absolute atomic E-state index is 0.0587. The second kappa shape index (κ2) is 7.63. The lowest BCUT2D eigenvalue weighted by Gasteiger charge is -2.23. The predicted molar refractivity (Wildman–Crippen MR) is 79.3 cm³/mol. The molecule has 108 valence electrons. The van der Waals surface area contributed by atoms with E-state index in [1.54, 1.807) is 7.11 Å². The zero-order valence-electron chi connectivity index (χ0n) is 12.6. The first-order chi connectivity index (χ1) is 8.98. The third kappa shape index (κ3) is 5.72. The number of ether oxygens (including phenoxy) is 2. The van der Waals surface area contributed by atoms with Crippen LogP contribution in [-0.4, -0.2) is 25.9 Å². The molecule has 1 atom stereocenters. The van der Waals surface area contributed by atoms with Gasteiger partial charge < -0.3 is 15.2 Å². The molecule has 0 aliphatic rings. The molecule has 1 unspecified atom stereocenters. The molecule has 0 amide bonds. The van der Waals surface area contributed by atoms with E-state index in [1.165, 1.54) is 5.56 Å². The fourth-order valence-electron chi connectivity index (χ4n) is 1.73. The number of hydrogen-bond donors (Lipinski definition) is 1. The van der Waals surface area contributed by atoms with E-state index >= 15 is 0 Å². The van der Waals surface area contributed by atoms with Gasteiger partial charge in [-0.15, -0.1) is 0 Å². The van der Waals surface area contributed by atoms with E-state index < -0.39 is 0 Å². The molecule has 0 bridgehead atoms. The molecule has 2 N–H and O–H groups in total. The monoisotopic (exact) mass is 265 g/mol. The van der Waals surface area contributed by atoms with Gasteiger partial charge in [0.2, 0.25) is 0 Å². The van der Waals surface area contributed by atoms with Gasteiger partial charge in [-0.3, -0.25) is 0 Å². The number of aryl methyl sites for hydroxylation is 1. The van der Waals surface area contributed by atoms with Gasteiger partial charge in [-0.2, -0.15) is 0 Å². The predicted octanol–water partition coefficient (Wildman–Crippen LogP) is 3.08. The van der Waals surface area contributed by atoms with Gasteiger partial charge in [0.1, 0.15) is 0 Å². The van der Waals surface area contributed by atoms with E-state index in [1.807, 2.05) is 0 Å². The summed E-state index contributed by atoms with van der Waals surface area (Å²) in [6, 6.07) is 8.38. The molecule has 3 heteroatoms. The largest absolute Gasteiger partial charge is 0.379 e. The molecule has 1 aromatic rings. The highest BCUT2D eigenvalue weighted by Crippen LogP contribution is 2.15. The van der Waals surface area contributed by atoms with Gasteiger partial charge in [0.05, 0.1) is 18.2 Å². The van der Waals surface area contributed by atoms with Crippen molar-refractivity contribution in [2.45, 2.75) is 45.3 Å². The Bertz CT molecular complexity index is 360. The first-order valence-corrected chi connectivity index (χ1v) is 6.96. The van der Waals surface area contributed by atoms with Crippen molar-refractivity contribution in [1.82, 2.24) is 0 Å². The number of methoxy groups -OCH3 is 1. The normalized spacial score (nSPS) is 13.5. The summed E-state index contributed by atoms with van der Waals surface area (Å²) >= 11 is 0. The van der Waals surface area contributed by atoms with Crippen molar-refractivity contribution >= 4 is 0 Å². The first-order valence-electron chi connectivity index (χ1n) is 6.96. The van der Waals surface area contributed by atoms with Gasteiger partial charge in [0.15, 0.2) is 0 Å². The molecule has 0 radical (unpaired) electrons. The SMILES string of the molecule is CCc1ccc(C(N)COCCC(C)(C)OC)cc1. The summed E-state index contributed by atoms with van der Waals surface area (Å²) in [6.45, 7) is 7.47. The second-order valence-electron chi connectivity index (χ2n) is 5.49. The van der Waals surface area contributed by atoms with E-state index in [0.29, 0.717) is 13.2 Å². The van der Waals surface area contributed by atoms with Crippen LogP contribution in [0.15, 0.2) is 24.3 Å².